The molecule has 0 aliphatic heterocycles. The van der Waals surface area contributed by atoms with E-state index in [-0.39, 0.29) is 10.3 Å². The fraction of sp³-hybridized carbons (Fsp3) is 1.00. The Morgan fingerprint density at radius 3 is 1.93 bits per heavy atom. The first-order chi connectivity index (χ1) is 6.25. The van der Waals surface area contributed by atoms with Crippen LogP contribution in [0.4, 0.5) is 0 Å². The second kappa shape index (κ2) is 4.76. The highest BCUT2D eigenvalue weighted by Crippen LogP contribution is 2.36. The molecule has 0 fully saturated rings. The highest BCUT2D eigenvalue weighted by atomic mass is 16.6. The van der Waals surface area contributed by atoms with Crippen molar-refractivity contribution in [3.05, 3.63) is 10.1 Å². The molecule has 3 heteroatoms. The molecule has 0 saturated carbocycles. The van der Waals surface area contributed by atoms with E-state index in [1.54, 1.807) is 6.92 Å². The largest absolute Gasteiger partial charge is 0.264 e. The van der Waals surface area contributed by atoms with Crippen LogP contribution in [0.15, 0.2) is 0 Å². The van der Waals surface area contributed by atoms with E-state index in [2.05, 4.69) is 6.92 Å². The quantitative estimate of drug-likeness (QED) is 0.387. The summed E-state index contributed by atoms with van der Waals surface area (Å²) < 4.78 is 0. The van der Waals surface area contributed by atoms with Gasteiger partial charge < -0.3 is 0 Å². The Bertz CT molecular complexity index is 196. The van der Waals surface area contributed by atoms with Gasteiger partial charge in [-0.3, -0.25) is 10.1 Å². The number of rotatable bonds is 5. The van der Waals surface area contributed by atoms with E-state index in [0.717, 1.165) is 19.3 Å². The average molecular weight is 201 g/mol. The molecule has 84 valence electrons. The minimum Gasteiger partial charge on any atom is -0.264 e. The lowest BCUT2D eigenvalue weighted by Crippen LogP contribution is -2.47. The van der Waals surface area contributed by atoms with E-state index in [4.69, 9.17) is 0 Å². The summed E-state index contributed by atoms with van der Waals surface area (Å²) in [5.41, 5.74) is -1.06. The van der Waals surface area contributed by atoms with Crippen molar-refractivity contribution in [1.29, 1.82) is 0 Å². The van der Waals surface area contributed by atoms with Gasteiger partial charge in [-0.25, -0.2) is 0 Å². The van der Waals surface area contributed by atoms with E-state index in [1.807, 2.05) is 20.8 Å². The summed E-state index contributed by atoms with van der Waals surface area (Å²) in [5.74, 6) is 0. The van der Waals surface area contributed by atoms with Crippen LogP contribution in [-0.4, -0.2) is 10.5 Å². The van der Waals surface area contributed by atoms with Crippen molar-refractivity contribution in [3.63, 3.8) is 0 Å². The maximum absolute atomic E-state index is 11.1. The first kappa shape index (κ1) is 13.4. The van der Waals surface area contributed by atoms with Crippen molar-refractivity contribution < 1.29 is 4.92 Å². The Hall–Kier alpha value is -0.600. The second-order valence-corrected chi connectivity index (χ2v) is 5.24. The van der Waals surface area contributed by atoms with Crippen LogP contribution < -0.4 is 0 Å². The van der Waals surface area contributed by atoms with Gasteiger partial charge in [-0.15, -0.1) is 0 Å². The van der Waals surface area contributed by atoms with Crippen molar-refractivity contribution in [2.75, 3.05) is 0 Å². The lowest BCUT2D eigenvalue weighted by molar-refractivity contribution is -0.586. The van der Waals surface area contributed by atoms with Crippen LogP contribution in [0.2, 0.25) is 0 Å². The van der Waals surface area contributed by atoms with Gasteiger partial charge in [0.2, 0.25) is 5.54 Å². The zero-order valence-electron chi connectivity index (χ0n) is 10.1. The van der Waals surface area contributed by atoms with Crippen LogP contribution >= 0.6 is 0 Å². The minimum absolute atomic E-state index is 0.108. The van der Waals surface area contributed by atoms with Crippen molar-refractivity contribution in [1.82, 2.24) is 0 Å². The molecule has 0 spiro atoms. The van der Waals surface area contributed by atoms with E-state index < -0.39 is 5.54 Å². The van der Waals surface area contributed by atoms with Crippen LogP contribution in [0.3, 0.4) is 0 Å². The molecule has 1 unspecified atom stereocenters. The molecule has 3 nitrogen and oxygen atoms in total. The van der Waals surface area contributed by atoms with Gasteiger partial charge in [0.1, 0.15) is 0 Å². The minimum atomic E-state index is -0.790. The van der Waals surface area contributed by atoms with Crippen molar-refractivity contribution in [3.8, 4) is 0 Å². The standard InChI is InChI=1S/C11H23NO2/c1-6-7-8-9-11(5,12(13)14)10(2,3)4/h6-9H2,1-5H3. The van der Waals surface area contributed by atoms with Gasteiger partial charge in [0, 0.05) is 23.7 Å². The summed E-state index contributed by atoms with van der Waals surface area (Å²) in [6.45, 7) is 9.72. The number of nitro groups is 1. The maximum atomic E-state index is 11.1. The van der Waals surface area contributed by atoms with Crippen LogP contribution in [0.1, 0.15) is 60.3 Å². The summed E-state index contributed by atoms with van der Waals surface area (Å²) in [6.07, 6.45) is 3.82. The molecule has 14 heavy (non-hydrogen) atoms. The molecule has 0 aromatic heterocycles. The molecule has 0 aliphatic carbocycles. The summed E-state index contributed by atoms with van der Waals surface area (Å²) in [4.78, 5) is 11.0. The maximum Gasteiger partial charge on any atom is 0.224 e. The second-order valence-electron chi connectivity index (χ2n) is 5.24. The third-order valence-electron chi connectivity index (χ3n) is 3.29. The number of hydrogen-bond donors (Lipinski definition) is 0. The van der Waals surface area contributed by atoms with Gasteiger partial charge in [-0.1, -0.05) is 40.5 Å². The molecular weight excluding hydrogens is 178 g/mol. The monoisotopic (exact) mass is 201 g/mol. The molecule has 0 aliphatic rings. The fourth-order valence-electron chi connectivity index (χ4n) is 1.46. The number of hydrogen-bond acceptors (Lipinski definition) is 2. The Kier molecular flexibility index (Phi) is 4.56. The first-order valence-electron chi connectivity index (χ1n) is 5.40. The molecule has 0 radical (unpaired) electrons. The molecule has 0 amide bonds. The molecule has 0 saturated heterocycles. The summed E-state index contributed by atoms with van der Waals surface area (Å²) in [6, 6.07) is 0. The van der Waals surface area contributed by atoms with Crippen molar-refractivity contribution in [2.24, 2.45) is 5.41 Å². The number of unbranched alkanes of at least 4 members (excludes halogenated alkanes) is 2. The SMILES string of the molecule is CCCCCC(C)([N+](=O)[O-])C(C)(C)C. The fourth-order valence-corrected chi connectivity index (χ4v) is 1.46. The number of nitrogens with zero attached hydrogens (tertiary/aromatic N) is 1. The molecule has 0 bridgehead atoms. The molecule has 0 rings (SSSR count). The Labute approximate surface area is 87.0 Å². The lowest BCUT2D eigenvalue weighted by atomic mass is 9.72. The Morgan fingerprint density at radius 1 is 1.14 bits per heavy atom. The predicted octanol–water partition coefficient (Wildman–Crippen LogP) is 3.65. The van der Waals surface area contributed by atoms with E-state index in [1.165, 1.54) is 0 Å². The topological polar surface area (TPSA) is 43.1 Å². The first-order valence-corrected chi connectivity index (χ1v) is 5.40. The van der Waals surface area contributed by atoms with Gasteiger partial charge in [0.05, 0.1) is 0 Å². The summed E-state index contributed by atoms with van der Waals surface area (Å²) >= 11 is 0. The van der Waals surface area contributed by atoms with Gasteiger partial charge in [0.15, 0.2) is 0 Å². The molecule has 0 heterocycles. The van der Waals surface area contributed by atoms with Gasteiger partial charge in [-0.2, -0.15) is 0 Å². The van der Waals surface area contributed by atoms with E-state index in [0.29, 0.717) is 6.42 Å². The Balaban J connectivity index is 4.50. The van der Waals surface area contributed by atoms with E-state index in [9.17, 15) is 10.1 Å². The Morgan fingerprint density at radius 2 is 1.64 bits per heavy atom. The van der Waals surface area contributed by atoms with Gasteiger partial charge >= 0.3 is 0 Å². The average Bonchev–Trinajstić information content (AvgIpc) is 2.02. The lowest BCUT2D eigenvalue weighted by Gasteiger charge is -2.33. The molecule has 0 aromatic carbocycles. The van der Waals surface area contributed by atoms with Crippen LogP contribution in [0.25, 0.3) is 0 Å². The van der Waals surface area contributed by atoms with Gasteiger partial charge in [-0.05, 0) is 6.42 Å². The third kappa shape index (κ3) is 2.96. The molecule has 0 N–H and O–H groups in total. The normalized spacial score (nSPS) is 16.4. The van der Waals surface area contributed by atoms with Crippen molar-refractivity contribution in [2.45, 2.75) is 65.8 Å². The van der Waals surface area contributed by atoms with E-state index >= 15 is 0 Å². The van der Waals surface area contributed by atoms with Crippen LogP contribution in [0, 0.1) is 15.5 Å². The van der Waals surface area contributed by atoms with Crippen LogP contribution in [-0.2, 0) is 0 Å². The van der Waals surface area contributed by atoms with Crippen LogP contribution in [0.5, 0.6) is 0 Å². The smallest absolute Gasteiger partial charge is 0.224 e. The summed E-state index contributed by atoms with van der Waals surface area (Å²) in [5, 5.41) is 11.1. The zero-order valence-corrected chi connectivity index (χ0v) is 10.1. The predicted molar refractivity (Wildman–Crippen MR) is 59.0 cm³/mol. The summed E-state index contributed by atoms with van der Waals surface area (Å²) in [7, 11) is 0. The highest BCUT2D eigenvalue weighted by molar-refractivity contribution is 4.86. The zero-order chi connectivity index (χ0) is 11.4. The highest BCUT2D eigenvalue weighted by Gasteiger charge is 2.47. The van der Waals surface area contributed by atoms with Crippen molar-refractivity contribution >= 4 is 0 Å². The third-order valence-corrected chi connectivity index (χ3v) is 3.29. The molecule has 1 atom stereocenters. The molecular formula is C11H23NO2. The molecule has 0 aromatic rings. The van der Waals surface area contributed by atoms with Gasteiger partial charge in [0.25, 0.3) is 0 Å².